The number of aromatic nitrogens is 2. The number of carboxylic acids is 1. The molecule has 0 atom stereocenters. The molecule has 126 valence electrons. The average Bonchev–Trinajstić information content (AvgIpc) is 2.82. The highest BCUT2D eigenvalue weighted by Gasteiger charge is 2.28. The van der Waals surface area contributed by atoms with Gasteiger partial charge < -0.3 is 10.4 Å². The Bertz CT molecular complexity index is 812. The standard InChI is InChI=1S/C15H16N4O5/c1-9-12(19(23)24)13(18(2)17-9)14(20)16-7-6-10-4-3-5-11(8-10)15(21)22/h3-5,8H,6-7H2,1-2H3,(H,16,20)(H,21,22). The second kappa shape index (κ2) is 6.90. The summed E-state index contributed by atoms with van der Waals surface area (Å²) in [4.78, 5) is 33.6. The number of benzene rings is 1. The largest absolute Gasteiger partial charge is 0.478 e. The molecule has 0 saturated carbocycles. The van der Waals surface area contributed by atoms with Gasteiger partial charge in [-0.1, -0.05) is 12.1 Å². The molecule has 0 radical (unpaired) electrons. The molecule has 2 aromatic rings. The number of amides is 1. The maximum Gasteiger partial charge on any atom is 0.335 e. The Morgan fingerprint density at radius 1 is 1.42 bits per heavy atom. The zero-order valence-electron chi connectivity index (χ0n) is 13.1. The fourth-order valence-corrected chi connectivity index (χ4v) is 2.38. The summed E-state index contributed by atoms with van der Waals surface area (Å²) in [5.41, 5.74) is 0.643. The van der Waals surface area contributed by atoms with E-state index in [1.54, 1.807) is 12.1 Å². The first-order chi connectivity index (χ1) is 11.3. The Kier molecular flexibility index (Phi) is 4.93. The van der Waals surface area contributed by atoms with Crippen molar-refractivity contribution in [2.24, 2.45) is 7.05 Å². The van der Waals surface area contributed by atoms with Crippen molar-refractivity contribution >= 4 is 17.6 Å². The second-order valence-electron chi connectivity index (χ2n) is 5.17. The van der Waals surface area contributed by atoms with Crippen LogP contribution in [0, 0.1) is 17.0 Å². The van der Waals surface area contributed by atoms with Crippen LogP contribution in [0.4, 0.5) is 5.69 Å². The van der Waals surface area contributed by atoms with Crippen LogP contribution >= 0.6 is 0 Å². The predicted molar refractivity (Wildman–Crippen MR) is 84.0 cm³/mol. The van der Waals surface area contributed by atoms with Gasteiger partial charge in [0.1, 0.15) is 5.69 Å². The molecule has 1 amide bonds. The van der Waals surface area contributed by atoms with Crippen LogP contribution in [0.25, 0.3) is 0 Å². The summed E-state index contributed by atoms with van der Waals surface area (Å²) in [6.07, 6.45) is 0.400. The van der Waals surface area contributed by atoms with Gasteiger partial charge in [0.15, 0.2) is 0 Å². The maximum absolute atomic E-state index is 12.2. The summed E-state index contributed by atoms with van der Waals surface area (Å²) in [5, 5.41) is 26.5. The first-order valence-electron chi connectivity index (χ1n) is 7.09. The number of carboxylic acid groups (broad SMARTS) is 1. The van der Waals surface area contributed by atoms with Crippen LogP contribution in [0.1, 0.15) is 32.1 Å². The van der Waals surface area contributed by atoms with Gasteiger partial charge in [0.05, 0.1) is 10.5 Å². The fraction of sp³-hybridized carbons (Fsp3) is 0.267. The van der Waals surface area contributed by atoms with Crippen molar-refractivity contribution in [2.45, 2.75) is 13.3 Å². The van der Waals surface area contributed by atoms with Crippen molar-refractivity contribution in [3.05, 3.63) is 56.9 Å². The van der Waals surface area contributed by atoms with Crippen molar-refractivity contribution in [1.29, 1.82) is 0 Å². The molecule has 1 heterocycles. The second-order valence-corrected chi connectivity index (χ2v) is 5.17. The van der Waals surface area contributed by atoms with Crippen LogP contribution in [-0.4, -0.2) is 38.2 Å². The van der Waals surface area contributed by atoms with Gasteiger partial charge in [0, 0.05) is 13.6 Å². The van der Waals surface area contributed by atoms with E-state index in [1.807, 2.05) is 0 Å². The highest BCUT2D eigenvalue weighted by atomic mass is 16.6. The van der Waals surface area contributed by atoms with E-state index >= 15 is 0 Å². The van der Waals surface area contributed by atoms with Crippen LogP contribution in [0.5, 0.6) is 0 Å². The first-order valence-corrected chi connectivity index (χ1v) is 7.09. The van der Waals surface area contributed by atoms with Crippen molar-refractivity contribution in [3.63, 3.8) is 0 Å². The third-order valence-electron chi connectivity index (χ3n) is 3.46. The van der Waals surface area contributed by atoms with Crippen molar-refractivity contribution in [3.8, 4) is 0 Å². The Hall–Kier alpha value is -3.23. The number of aromatic carboxylic acids is 1. The summed E-state index contributed by atoms with van der Waals surface area (Å²) >= 11 is 0. The lowest BCUT2D eigenvalue weighted by molar-refractivity contribution is -0.385. The molecule has 0 fully saturated rings. The number of hydrogen-bond donors (Lipinski definition) is 2. The Morgan fingerprint density at radius 2 is 2.12 bits per heavy atom. The molecule has 0 aliphatic rings. The van der Waals surface area contributed by atoms with Gasteiger partial charge in [-0.05, 0) is 31.0 Å². The zero-order valence-corrected chi connectivity index (χ0v) is 13.1. The first kappa shape index (κ1) is 17.1. The highest BCUT2D eigenvalue weighted by molar-refractivity contribution is 5.96. The van der Waals surface area contributed by atoms with Gasteiger partial charge in [-0.25, -0.2) is 4.79 Å². The third-order valence-corrected chi connectivity index (χ3v) is 3.46. The summed E-state index contributed by atoms with van der Waals surface area (Å²) < 4.78 is 1.17. The minimum atomic E-state index is -1.03. The van der Waals surface area contributed by atoms with E-state index in [4.69, 9.17) is 5.11 Å². The normalized spacial score (nSPS) is 10.4. The molecule has 1 aromatic heterocycles. The molecule has 1 aromatic carbocycles. The Morgan fingerprint density at radius 3 is 2.75 bits per heavy atom. The number of nitrogens with zero attached hydrogens (tertiary/aromatic N) is 3. The van der Waals surface area contributed by atoms with Crippen LogP contribution in [0.2, 0.25) is 0 Å². The monoisotopic (exact) mass is 332 g/mol. The maximum atomic E-state index is 12.2. The smallest absolute Gasteiger partial charge is 0.335 e. The minimum Gasteiger partial charge on any atom is -0.478 e. The topological polar surface area (TPSA) is 127 Å². The van der Waals surface area contributed by atoms with Gasteiger partial charge >= 0.3 is 11.7 Å². The van der Waals surface area contributed by atoms with Crippen molar-refractivity contribution in [2.75, 3.05) is 6.54 Å². The van der Waals surface area contributed by atoms with E-state index in [1.165, 1.54) is 30.8 Å². The van der Waals surface area contributed by atoms with Crippen molar-refractivity contribution in [1.82, 2.24) is 15.1 Å². The molecule has 9 nitrogen and oxygen atoms in total. The van der Waals surface area contributed by atoms with Crippen LogP contribution in [0.3, 0.4) is 0 Å². The molecule has 0 aliphatic heterocycles. The number of nitro groups is 1. The summed E-state index contributed by atoms with van der Waals surface area (Å²) in [7, 11) is 1.46. The molecule has 0 spiro atoms. The molecular weight excluding hydrogens is 316 g/mol. The molecule has 2 rings (SSSR count). The quantitative estimate of drug-likeness (QED) is 0.606. The number of nitrogens with one attached hydrogen (secondary N) is 1. The van der Waals surface area contributed by atoms with Gasteiger partial charge in [0.25, 0.3) is 5.91 Å². The Balaban J connectivity index is 2.06. The number of carbonyl (C=O) groups is 2. The van der Waals surface area contributed by atoms with E-state index in [2.05, 4.69) is 10.4 Å². The highest BCUT2D eigenvalue weighted by Crippen LogP contribution is 2.21. The molecule has 2 N–H and O–H groups in total. The van der Waals surface area contributed by atoms with Gasteiger partial charge in [0.2, 0.25) is 5.69 Å². The SMILES string of the molecule is Cc1nn(C)c(C(=O)NCCc2cccc(C(=O)O)c2)c1[N+](=O)[O-]. The van der Waals surface area contributed by atoms with E-state index < -0.39 is 16.8 Å². The fourth-order valence-electron chi connectivity index (χ4n) is 2.38. The van der Waals surface area contributed by atoms with Gasteiger partial charge in [-0.2, -0.15) is 5.10 Å². The minimum absolute atomic E-state index is 0.114. The van der Waals surface area contributed by atoms with Gasteiger partial charge in [-0.15, -0.1) is 0 Å². The number of rotatable bonds is 6. The zero-order chi connectivity index (χ0) is 17.9. The van der Waals surface area contributed by atoms with Crippen LogP contribution < -0.4 is 5.32 Å². The molecule has 0 aliphatic carbocycles. The lowest BCUT2D eigenvalue weighted by Crippen LogP contribution is -2.28. The lowest BCUT2D eigenvalue weighted by Gasteiger charge is -2.06. The number of aryl methyl sites for hydroxylation is 2. The summed E-state index contributed by atoms with van der Waals surface area (Å²) in [6, 6.07) is 6.36. The number of carbonyl (C=O) groups excluding carboxylic acids is 1. The summed E-state index contributed by atoms with van der Waals surface area (Å²) in [6.45, 7) is 1.68. The predicted octanol–water partition coefficient (Wildman–Crippen LogP) is 1.31. The molecule has 0 saturated heterocycles. The van der Waals surface area contributed by atoms with E-state index in [9.17, 15) is 19.7 Å². The van der Waals surface area contributed by atoms with E-state index in [0.717, 1.165) is 5.56 Å². The molecule has 24 heavy (non-hydrogen) atoms. The lowest BCUT2D eigenvalue weighted by atomic mass is 10.1. The molecule has 0 bridgehead atoms. The van der Waals surface area contributed by atoms with Crippen LogP contribution in [0.15, 0.2) is 24.3 Å². The number of hydrogen-bond acceptors (Lipinski definition) is 5. The van der Waals surface area contributed by atoms with Crippen LogP contribution in [-0.2, 0) is 13.5 Å². The van der Waals surface area contributed by atoms with Gasteiger partial charge in [-0.3, -0.25) is 19.6 Å². The third kappa shape index (κ3) is 3.57. The van der Waals surface area contributed by atoms with E-state index in [0.29, 0.717) is 6.42 Å². The average molecular weight is 332 g/mol. The molecule has 0 unspecified atom stereocenters. The molecular formula is C15H16N4O5. The van der Waals surface area contributed by atoms with Crippen molar-refractivity contribution < 1.29 is 19.6 Å². The Labute approximate surface area is 137 Å². The van der Waals surface area contributed by atoms with E-state index in [-0.39, 0.29) is 29.2 Å². The molecule has 9 heteroatoms. The summed E-state index contributed by atoms with van der Waals surface area (Å²) in [5.74, 6) is -1.62.